The summed E-state index contributed by atoms with van der Waals surface area (Å²) in [5.74, 6) is -0.511. The monoisotopic (exact) mass is 353 g/mol. The van der Waals surface area contributed by atoms with Gasteiger partial charge in [-0.25, -0.2) is 4.99 Å². The lowest BCUT2D eigenvalue weighted by atomic mass is 10.1. The first-order chi connectivity index (χ1) is 12.4. The third-order valence-corrected chi connectivity index (χ3v) is 3.87. The zero-order valence-electron chi connectivity index (χ0n) is 14.9. The number of amides is 2. The van der Waals surface area contributed by atoms with E-state index in [1.807, 2.05) is 19.1 Å². The maximum Gasteiger partial charge on any atom is 0.258 e. The van der Waals surface area contributed by atoms with Gasteiger partial charge in [-0.2, -0.15) is 0 Å². The van der Waals surface area contributed by atoms with E-state index in [9.17, 15) is 9.59 Å². The first kappa shape index (κ1) is 19.0. The van der Waals surface area contributed by atoms with E-state index < -0.39 is 0 Å². The summed E-state index contributed by atoms with van der Waals surface area (Å²) in [6, 6.07) is 12.7. The number of benzene rings is 2. The number of nitrogens with one attached hydrogen (secondary N) is 1. The number of nitrogens with two attached hydrogens (primary N) is 2. The third-order valence-electron chi connectivity index (χ3n) is 3.87. The van der Waals surface area contributed by atoms with Gasteiger partial charge in [0, 0.05) is 31.3 Å². The van der Waals surface area contributed by atoms with Crippen LogP contribution in [0.15, 0.2) is 47.5 Å². The maximum atomic E-state index is 12.7. The second-order valence-corrected chi connectivity index (χ2v) is 5.85. The lowest BCUT2D eigenvalue weighted by molar-refractivity contribution is -0.117. The van der Waals surface area contributed by atoms with Gasteiger partial charge in [-0.15, -0.1) is 0 Å². The summed E-state index contributed by atoms with van der Waals surface area (Å²) in [5.41, 5.74) is 14.2. The van der Waals surface area contributed by atoms with Crippen LogP contribution in [-0.4, -0.2) is 31.7 Å². The molecule has 0 aliphatic heterocycles. The Morgan fingerprint density at radius 1 is 1.19 bits per heavy atom. The van der Waals surface area contributed by atoms with Gasteiger partial charge in [0.05, 0.1) is 17.7 Å². The fraction of sp³-hybridized carbons (Fsp3) is 0.211. The van der Waals surface area contributed by atoms with Crippen molar-refractivity contribution >= 4 is 35.2 Å². The zero-order valence-corrected chi connectivity index (χ0v) is 14.9. The molecule has 0 fully saturated rings. The van der Waals surface area contributed by atoms with Crippen LogP contribution in [0.3, 0.4) is 0 Å². The van der Waals surface area contributed by atoms with Crippen LogP contribution < -0.4 is 21.7 Å². The molecule has 0 atom stereocenters. The Balaban J connectivity index is 2.22. The Morgan fingerprint density at radius 3 is 2.50 bits per heavy atom. The minimum Gasteiger partial charge on any atom is -0.390 e. The van der Waals surface area contributed by atoms with Crippen LogP contribution in [0.2, 0.25) is 0 Å². The van der Waals surface area contributed by atoms with Crippen molar-refractivity contribution in [3.8, 4) is 0 Å². The number of carbonyl (C=O) groups excluding carboxylic acids is 2. The molecule has 0 aliphatic rings. The number of primary amides is 1. The van der Waals surface area contributed by atoms with Crippen molar-refractivity contribution < 1.29 is 9.59 Å². The van der Waals surface area contributed by atoms with Crippen molar-refractivity contribution in [3.63, 3.8) is 0 Å². The summed E-state index contributed by atoms with van der Waals surface area (Å²) in [6.07, 6.45) is 1.39. The van der Waals surface area contributed by atoms with Crippen molar-refractivity contribution in [2.75, 3.05) is 23.8 Å². The number of rotatable bonds is 7. The molecule has 0 aliphatic carbocycles. The lowest BCUT2D eigenvalue weighted by Gasteiger charge is -2.19. The number of nitrogens with zero attached hydrogens (tertiary/aromatic N) is 2. The van der Waals surface area contributed by atoms with Gasteiger partial charge in [0.25, 0.3) is 5.91 Å². The second kappa shape index (κ2) is 8.66. The van der Waals surface area contributed by atoms with Gasteiger partial charge in [0.15, 0.2) is 0 Å². The van der Waals surface area contributed by atoms with Crippen molar-refractivity contribution in [3.05, 3.63) is 53.6 Å². The molecule has 7 nitrogen and oxygen atoms in total. The van der Waals surface area contributed by atoms with Gasteiger partial charge < -0.3 is 21.7 Å². The van der Waals surface area contributed by atoms with Crippen molar-refractivity contribution in [1.29, 1.82) is 0 Å². The number of anilines is 2. The summed E-state index contributed by atoms with van der Waals surface area (Å²) in [7, 11) is 1.70. The van der Waals surface area contributed by atoms with Gasteiger partial charge in [0.2, 0.25) is 5.91 Å². The van der Waals surface area contributed by atoms with E-state index in [2.05, 4.69) is 10.3 Å². The van der Waals surface area contributed by atoms with E-state index in [-0.39, 0.29) is 18.2 Å². The Kier molecular flexibility index (Phi) is 6.32. The molecular weight excluding hydrogens is 330 g/mol. The molecule has 5 N–H and O–H groups in total. The average molecular weight is 353 g/mol. The van der Waals surface area contributed by atoms with Crippen molar-refractivity contribution in [1.82, 2.24) is 0 Å². The molecule has 0 saturated carbocycles. The van der Waals surface area contributed by atoms with Gasteiger partial charge in [-0.3, -0.25) is 9.59 Å². The van der Waals surface area contributed by atoms with Crippen LogP contribution in [0.5, 0.6) is 0 Å². The SMILES string of the molecule is Cc1ccc(C(=O)N(C)c2ccc(NCCC(N)=O)c(N=CN)c2)cc1. The third kappa shape index (κ3) is 4.83. The molecule has 2 rings (SSSR count). The van der Waals surface area contributed by atoms with Gasteiger partial charge in [0.1, 0.15) is 0 Å². The van der Waals surface area contributed by atoms with Crippen LogP contribution in [0.4, 0.5) is 17.1 Å². The van der Waals surface area contributed by atoms with Crippen LogP contribution in [-0.2, 0) is 4.79 Å². The highest BCUT2D eigenvalue weighted by Crippen LogP contribution is 2.30. The molecule has 0 aromatic heterocycles. The summed E-state index contributed by atoms with van der Waals surface area (Å²) < 4.78 is 0. The van der Waals surface area contributed by atoms with Gasteiger partial charge >= 0.3 is 0 Å². The predicted molar refractivity (Wildman–Crippen MR) is 105 cm³/mol. The smallest absolute Gasteiger partial charge is 0.258 e. The van der Waals surface area contributed by atoms with E-state index in [4.69, 9.17) is 11.5 Å². The number of hydrogen-bond donors (Lipinski definition) is 3. The van der Waals surface area contributed by atoms with E-state index in [0.717, 1.165) is 5.56 Å². The molecule has 0 saturated heterocycles. The molecule has 0 spiro atoms. The molecule has 136 valence electrons. The van der Waals surface area contributed by atoms with Crippen LogP contribution in [0.25, 0.3) is 0 Å². The highest BCUT2D eigenvalue weighted by Gasteiger charge is 2.15. The topological polar surface area (TPSA) is 114 Å². The first-order valence-electron chi connectivity index (χ1n) is 8.17. The quantitative estimate of drug-likeness (QED) is 0.523. The molecule has 0 radical (unpaired) electrons. The number of carbonyl (C=O) groups is 2. The Bertz CT molecular complexity index is 815. The van der Waals surface area contributed by atoms with Gasteiger partial charge in [-0.05, 0) is 37.3 Å². The molecule has 0 heterocycles. The minimum atomic E-state index is -0.388. The van der Waals surface area contributed by atoms with E-state index in [1.165, 1.54) is 6.34 Å². The molecule has 0 bridgehead atoms. The lowest BCUT2D eigenvalue weighted by Crippen LogP contribution is -2.26. The molecule has 26 heavy (non-hydrogen) atoms. The normalized spacial score (nSPS) is 10.7. The number of aliphatic imine (C=N–C) groups is 1. The molecular formula is C19H23N5O2. The Morgan fingerprint density at radius 2 is 1.88 bits per heavy atom. The molecule has 0 unspecified atom stereocenters. The standard InChI is InChI=1S/C19H23N5O2/c1-13-3-5-14(6-4-13)19(26)24(2)15-7-8-16(17(11-15)23-12-20)22-10-9-18(21)25/h3-8,11-12,22H,9-10H2,1-2H3,(H2,20,23)(H2,21,25). The fourth-order valence-electron chi connectivity index (χ4n) is 2.39. The Labute approximate surface area is 152 Å². The van der Waals surface area contributed by atoms with Crippen LogP contribution in [0.1, 0.15) is 22.3 Å². The Hall–Kier alpha value is -3.35. The fourth-order valence-corrected chi connectivity index (χ4v) is 2.39. The highest BCUT2D eigenvalue weighted by atomic mass is 16.2. The molecule has 2 amide bonds. The molecule has 7 heteroatoms. The average Bonchev–Trinajstić information content (AvgIpc) is 2.62. The van der Waals surface area contributed by atoms with Crippen molar-refractivity contribution in [2.24, 2.45) is 16.5 Å². The number of aryl methyl sites for hydroxylation is 1. The summed E-state index contributed by atoms with van der Waals surface area (Å²) in [4.78, 5) is 29.2. The van der Waals surface area contributed by atoms with E-state index >= 15 is 0 Å². The van der Waals surface area contributed by atoms with Crippen molar-refractivity contribution in [2.45, 2.75) is 13.3 Å². The van der Waals surface area contributed by atoms with Crippen LogP contribution >= 0.6 is 0 Å². The summed E-state index contributed by atoms with van der Waals surface area (Å²) in [6.45, 7) is 2.36. The molecule has 2 aromatic rings. The highest BCUT2D eigenvalue weighted by molar-refractivity contribution is 6.06. The van der Waals surface area contributed by atoms with E-state index in [0.29, 0.717) is 29.2 Å². The number of hydrogen-bond acceptors (Lipinski definition) is 4. The predicted octanol–water partition coefficient (Wildman–Crippen LogP) is 2.18. The minimum absolute atomic E-state index is 0.123. The van der Waals surface area contributed by atoms with E-state index in [1.54, 1.807) is 42.3 Å². The van der Waals surface area contributed by atoms with Crippen LogP contribution in [0, 0.1) is 6.92 Å². The summed E-state index contributed by atoms with van der Waals surface area (Å²) >= 11 is 0. The maximum absolute atomic E-state index is 12.7. The second-order valence-electron chi connectivity index (χ2n) is 5.85. The largest absolute Gasteiger partial charge is 0.390 e. The summed E-state index contributed by atoms with van der Waals surface area (Å²) in [5, 5.41) is 3.09. The molecule has 2 aromatic carbocycles. The first-order valence-corrected chi connectivity index (χ1v) is 8.17. The van der Waals surface area contributed by atoms with Gasteiger partial charge in [-0.1, -0.05) is 17.7 Å². The zero-order chi connectivity index (χ0) is 19.1.